The number of rotatable bonds is 8. The molecule has 1 aliphatic rings. The molecule has 4 heteroatoms. The summed E-state index contributed by atoms with van der Waals surface area (Å²) in [7, 11) is 0. The minimum atomic E-state index is 0.817. The highest BCUT2D eigenvalue weighted by atomic mass is 15.2. The monoisotopic (exact) mass is 278 g/mol. The zero-order valence-electron chi connectivity index (χ0n) is 13.1. The van der Waals surface area contributed by atoms with Crippen LogP contribution in [0.1, 0.15) is 45.2 Å². The van der Waals surface area contributed by atoms with E-state index < -0.39 is 0 Å². The van der Waals surface area contributed by atoms with Crippen LogP contribution in [0.5, 0.6) is 0 Å². The van der Waals surface area contributed by atoms with Gasteiger partial charge in [-0.3, -0.25) is 4.90 Å². The highest BCUT2D eigenvalue weighted by Gasteiger charge is 2.20. The maximum atomic E-state index is 4.31. The number of aryl methyl sites for hydroxylation is 1. The third-order valence-electron chi connectivity index (χ3n) is 4.11. The lowest BCUT2D eigenvalue weighted by Gasteiger charge is -2.33. The van der Waals surface area contributed by atoms with Crippen LogP contribution in [0, 0.1) is 5.92 Å². The lowest BCUT2D eigenvalue weighted by Crippen LogP contribution is -2.39. The first-order valence-electron chi connectivity index (χ1n) is 8.25. The average Bonchev–Trinajstić information content (AvgIpc) is 2.87. The number of nitrogens with one attached hydrogen (secondary N) is 1. The van der Waals surface area contributed by atoms with Crippen molar-refractivity contribution < 1.29 is 0 Å². The Hall–Kier alpha value is -0.870. The predicted molar refractivity (Wildman–Crippen MR) is 83.7 cm³/mol. The molecule has 0 saturated carbocycles. The number of imidazole rings is 1. The largest absolute Gasteiger partial charge is 0.333 e. The van der Waals surface area contributed by atoms with Crippen LogP contribution in [0.2, 0.25) is 0 Å². The van der Waals surface area contributed by atoms with Gasteiger partial charge in [-0.15, -0.1) is 0 Å². The topological polar surface area (TPSA) is 33.1 Å². The van der Waals surface area contributed by atoms with Crippen LogP contribution in [0.4, 0.5) is 0 Å². The van der Waals surface area contributed by atoms with Crippen molar-refractivity contribution in [1.29, 1.82) is 0 Å². The number of aromatic nitrogens is 2. The molecule has 2 heterocycles. The van der Waals surface area contributed by atoms with E-state index in [1.54, 1.807) is 0 Å². The molecule has 4 nitrogen and oxygen atoms in total. The first kappa shape index (κ1) is 15.5. The van der Waals surface area contributed by atoms with Crippen LogP contribution in [0.25, 0.3) is 0 Å². The van der Waals surface area contributed by atoms with Gasteiger partial charge in [-0.1, -0.05) is 13.8 Å². The number of nitrogens with zero attached hydrogens (tertiary/aromatic N) is 3. The molecule has 1 aromatic rings. The Labute approximate surface area is 123 Å². The number of piperidine rings is 1. The highest BCUT2D eigenvalue weighted by molar-refractivity contribution is 4.98. The Morgan fingerprint density at radius 3 is 3.05 bits per heavy atom. The van der Waals surface area contributed by atoms with Gasteiger partial charge in [0.05, 0.1) is 12.0 Å². The smallest absolute Gasteiger partial charge is 0.0948 e. The molecule has 1 atom stereocenters. The summed E-state index contributed by atoms with van der Waals surface area (Å²) in [6.07, 6.45) is 9.12. The second-order valence-corrected chi connectivity index (χ2v) is 6.03. The molecule has 20 heavy (non-hydrogen) atoms. The zero-order chi connectivity index (χ0) is 14.2. The average molecular weight is 278 g/mol. The van der Waals surface area contributed by atoms with Crippen molar-refractivity contribution in [2.24, 2.45) is 5.92 Å². The summed E-state index contributed by atoms with van der Waals surface area (Å²) in [5.74, 6) is 0.817. The maximum absolute atomic E-state index is 4.31. The van der Waals surface area contributed by atoms with E-state index in [2.05, 4.69) is 33.6 Å². The Morgan fingerprint density at radius 2 is 2.25 bits per heavy atom. The first-order chi connectivity index (χ1) is 9.83. The van der Waals surface area contributed by atoms with Crippen molar-refractivity contribution in [3.05, 3.63) is 18.2 Å². The summed E-state index contributed by atoms with van der Waals surface area (Å²) in [5, 5.41) is 3.57. The number of hydrogen-bond acceptors (Lipinski definition) is 3. The predicted octanol–water partition coefficient (Wildman–Crippen LogP) is 2.50. The fraction of sp³-hybridized carbons (Fsp3) is 0.812. The standard InChI is InChI=1S/C16H30N4/c1-3-7-17-10-15-6-5-9-19(12-15)13-16-11-18-14-20(16)8-4-2/h11,14-15,17H,3-10,12-13H2,1-2H3. The van der Waals surface area contributed by atoms with Gasteiger partial charge in [-0.2, -0.15) is 0 Å². The first-order valence-corrected chi connectivity index (χ1v) is 8.25. The third kappa shape index (κ3) is 4.60. The van der Waals surface area contributed by atoms with Gasteiger partial charge in [-0.25, -0.2) is 4.98 Å². The molecule has 0 aromatic carbocycles. The molecule has 1 saturated heterocycles. The molecule has 1 unspecified atom stereocenters. The fourth-order valence-electron chi connectivity index (χ4n) is 3.10. The van der Waals surface area contributed by atoms with Gasteiger partial charge in [0.2, 0.25) is 0 Å². The molecule has 2 rings (SSSR count). The van der Waals surface area contributed by atoms with Crippen LogP contribution in [-0.2, 0) is 13.1 Å². The Morgan fingerprint density at radius 1 is 1.35 bits per heavy atom. The zero-order valence-corrected chi connectivity index (χ0v) is 13.1. The van der Waals surface area contributed by atoms with Crippen LogP contribution in [0.15, 0.2) is 12.5 Å². The quantitative estimate of drug-likeness (QED) is 0.742. The van der Waals surface area contributed by atoms with Crippen molar-refractivity contribution >= 4 is 0 Å². The van der Waals surface area contributed by atoms with Crippen molar-refractivity contribution in [2.75, 3.05) is 26.2 Å². The van der Waals surface area contributed by atoms with E-state index in [9.17, 15) is 0 Å². The molecule has 1 aliphatic heterocycles. The normalized spacial score (nSPS) is 20.4. The lowest BCUT2D eigenvalue weighted by molar-refractivity contribution is 0.162. The second-order valence-electron chi connectivity index (χ2n) is 6.03. The Balaban J connectivity index is 1.81. The van der Waals surface area contributed by atoms with E-state index in [4.69, 9.17) is 0 Å². The molecule has 0 aliphatic carbocycles. The molecular weight excluding hydrogens is 248 g/mol. The van der Waals surface area contributed by atoms with Crippen LogP contribution in [0.3, 0.4) is 0 Å². The van der Waals surface area contributed by atoms with E-state index in [0.29, 0.717) is 0 Å². The van der Waals surface area contributed by atoms with Crippen molar-refractivity contribution in [1.82, 2.24) is 19.8 Å². The van der Waals surface area contributed by atoms with Crippen LogP contribution in [-0.4, -0.2) is 40.6 Å². The Bertz CT molecular complexity index is 374. The van der Waals surface area contributed by atoms with Gasteiger partial charge in [0.25, 0.3) is 0 Å². The summed E-state index contributed by atoms with van der Waals surface area (Å²) in [6, 6.07) is 0. The van der Waals surface area contributed by atoms with Crippen molar-refractivity contribution in [3.8, 4) is 0 Å². The van der Waals surface area contributed by atoms with Gasteiger partial charge in [-0.05, 0) is 51.2 Å². The molecule has 1 fully saturated rings. The minimum absolute atomic E-state index is 0.817. The van der Waals surface area contributed by atoms with Crippen molar-refractivity contribution in [2.45, 2.75) is 52.6 Å². The van der Waals surface area contributed by atoms with Crippen LogP contribution < -0.4 is 5.32 Å². The molecule has 114 valence electrons. The SMILES string of the molecule is CCCNCC1CCCN(Cc2cncn2CCC)C1. The van der Waals surface area contributed by atoms with E-state index >= 15 is 0 Å². The Kier molecular flexibility index (Phi) is 6.54. The van der Waals surface area contributed by atoms with Gasteiger partial charge in [0.1, 0.15) is 0 Å². The number of likely N-dealkylation sites (tertiary alicyclic amines) is 1. The highest BCUT2D eigenvalue weighted by Crippen LogP contribution is 2.18. The molecule has 1 N–H and O–H groups in total. The van der Waals surface area contributed by atoms with E-state index in [-0.39, 0.29) is 0 Å². The maximum Gasteiger partial charge on any atom is 0.0948 e. The van der Waals surface area contributed by atoms with Gasteiger partial charge in [0.15, 0.2) is 0 Å². The fourth-order valence-corrected chi connectivity index (χ4v) is 3.10. The van der Waals surface area contributed by atoms with Gasteiger partial charge >= 0.3 is 0 Å². The van der Waals surface area contributed by atoms with E-state index in [1.807, 2.05) is 12.5 Å². The lowest BCUT2D eigenvalue weighted by atomic mass is 9.98. The summed E-state index contributed by atoms with van der Waals surface area (Å²) in [5.41, 5.74) is 1.37. The molecule has 0 radical (unpaired) electrons. The summed E-state index contributed by atoms with van der Waals surface area (Å²) < 4.78 is 2.30. The molecule has 0 bridgehead atoms. The minimum Gasteiger partial charge on any atom is -0.333 e. The third-order valence-corrected chi connectivity index (χ3v) is 4.11. The molecule has 0 amide bonds. The summed E-state index contributed by atoms with van der Waals surface area (Å²) in [4.78, 5) is 6.91. The van der Waals surface area contributed by atoms with E-state index in [0.717, 1.165) is 25.6 Å². The molecular formula is C16H30N4. The molecule has 1 aromatic heterocycles. The second kappa shape index (κ2) is 8.42. The van der Waals surface area contributed by atoms with Gasteiger partial charge in [0, 0.05) is 25.8 Å². The number of hydrogen-bond donors (Lipinski definition) is 1. The summed E-state index contributed by atoms with van der Waals surface area (Å²) >= 11 is 0. The van der Waals surface area contributed by atoms with Crippen molar-refractivity contribution in [3.63, 3.8) is 0 Å². The molecule has 0 spiro atoms. The van der Waals surface area contributed by atoms with E-state index in [1.165, 1.54) is 51.0 Å². The van der Waals surface area contributed by atoms with Crippen LogP contribution >= 0.6 is 0 Å². The van der Waals surface area contributed by atoms with Gasteiger partial charge < -0.3 is 9.88 Å². The summed E-state index contributed by atoms with van der Waals surface area (Å²) in [6.45, 7) is 11.4.